The van der Waals surface area contributed by atoms with Crippen LogP contribution in [0.25, 0.3) is 0 Å². The lowest BCUT2D eigenvalue weighted by molar-refractivity contribution is 0.237. The van der Waals surface area contributed by atoms with Crippen molar-refractivity contribution >= 4 is 10.0 Å². The topological polar surface area (TPSA) is 82.4 Å². The van der Waals surface area contributed by atoms with Crippen LogP contribution in [0.15, 0.2) is 24.3 Å². The van der Waals surface area contributed by atoms with Crippen molar-refractivity contribution in [1.29, 1.82) is 5.26 Å². The van der Waals surface area contributed by atoms with Crippen LogP contribution in [0.3, 0.4) is 0 Å². The van der Waals surface area contributed by atoms with Crippen molar-refractivity contribution in [1.82, 2.24) is 9.62 Å². The van der Waals surface area contributed by atoms with E-state index in [1.54, 1.807) is 18.2 Å². The lowest BCUT2D eigenvalue weighted by atomic mass is 10.2. The first kappa shape index (κ1) is 15.8. The molecule has 0 spiro atoms. The number of benzene rings is 1. The van der Waals surface area contributed by atoms with Crippen LogP contribution in [0.1, 0.15) is 12.0 Å². The third kappa shape index (κ3) is 3.94. The molecular formula is C14H19N3O3S. The normalized spacial score (nSPS) is 19.3. The van der Waals surface area contributed by atoms with E-state index in [1.165, 1.54) is 7.05 Å². The van der Waals surface area contributed by atoms with Crippen LogP contribution in [0.4, 0.5) is 0 Å². The number of rotatable bonds is 6. The number of hydrogen-bond acceptors (Lipinski definition) is 5. The Morgan fingerprint density at radius 2 is 2.24 bits per heavy atom. The van der Waals surface area contributed by atoms with E-state index in [4.69, 9.17) is 10.00 Å². The van der Waals surface area contributed by atoms with Gasteiger partial charge in [-0.1, -0.05) is 12.1 Å². The number of para-hydroxylation sites is 1. The Labute approximate surface area is 125 Å². The van der Waals surface area contributed by atoms with Crippen LogP contribution in [-0.2, 0) is 10.0 Å². The van der Waals surface area contributed by atoms with Gasteiger partial charge in [-0.3, -0.25) is 4.90 Å². The highest BCUT2D eigenvalue weighted by molar-refractivity contribution is 7.90. The van der Waals surface area contributed by atoms with E-state index in [0.717, 1.165) is 6.54 Å². The van der Waals surface area contributed by atoms with E-state index in [-0.39, 0.29) is 5.25 Å². The quantitative estimate of drug-likeness (QED) is 0.830. The zero-order valence-corrected chi connectivity index (χ0v) is 12.8. The second kappa shape index (κ2) is 6.89. The lowest BCUT2D eigenvalue weighted by Crippen LogP contribution is -2.35. The maximum Gasteiger partial charge on any atom is 0.215 e. The first-order chi connectivity index (χ1) is 10.1. The summed E-state index contributed by atoms with van der Waals surface area (Å²) in [6.45, 7) is 2.35. The molecule has 1 fully saturated rings. The van der Waals surface area contributed by atoms with E-state index in [1.807, 2.05) is 6.07 Å². The summed E-state index contributed by atoms with van der Waals surface area (Å²) in [6.07, 6.45) is 0.637. The van der Waals surface area contributed by atoms with Crippen LogP contribution < -0.4 is 9.46 Å². The second-order valence-electron chi connectivity index (χ2n) is 4.92. The Balaban J connectivity index is 1.82. The minimum absolute atomic E-state index is 0.353. The van der Waals surface area contributed by atoms with Gasteiger partial charge in [0.25, 0.3) is 0 Å². The highest BCUT2D eigenvalue weighted by atomic mass is 32.2. The molecule has 0 bridgehead atoms. The van der Waals surface area contributed by atoms with E-state index in [9.17, 15) is 8.42 Å². The molecule has 1 aromatic carbocycles. The number of nitrogens with one attached hydrogen (secondary N) is 1. The zero-order chi connectivity index (χ0) is 15.3. The molecule has 6 nitrogen and oxygen atoms in total. The van der Waals surface area contributed by atoms with Crippen molar-refractivity contribution in [2.45, 2.75) is 11.7 Å². The highest BCUT2D eigenvalue weighted by Gasteiger charge is 2.31. The molecule has 0 saturated carbocycles. The van der Waals surface area contributed by atoms with Gasteiger partial charge < -0.3 is 4.74 Å². The molecule has 1 atom stereocenters. The third-order valence-electron chi connectivity index (χ3n) is 3.63. The number of nitrogens with zero attached hydrogens (tertiary/aromatic N) is 2. The molecule has 1 saturated heterocycles. The van der Waals surface area contributed by atoms with Crippen LogP contribution in [0.2, 0.25) is 0 Å². The molecule has 0 aliphatic carbocycles. The van der Waals surface area contributed by atoms with Gasteiger partial charge in [-0.2, -0.15) is 5.26 Å². The van der Waals surface area contributed by atoms with Crippen molar-refractivity contribution < 1.29 is 13.2 Å². The molecule has 1 unspecified atom stereocenters. The standard InChI is InChI=1S/C14H19N3O3S/c1-16-21(18,19)13-6-7-17(11-13)8-9-20-14-5-3-2-4-12(14)10-15/h2-5,13,16H,6-9,11H2,1H3. The smallest absolute Gasteiger partial charge is 0.215 e. The molecule has 1 aromatic rings. The Hall–Kier alpha value is -1.62. The van der Waals surface area contributed by atoms with Crippen LogP contribution in [0, 0.1) is 11.3 Å². The summed E-state index contributed by atoms with van der Waals surface area (Å²) < 4.78 is 31.4. The van der Waals surface area contributed by atoms with Gasteiger partial charge in [-0.25, -0.2) is 13.1 Å². The SMILES string of the molecule is CNS(=O)(=O)C1CCN(CCOc2ccccc2C#N)C1. The Kier molecular flexibility index (Phi) is 5.17. The van der Waals surface area contributed by atoms with E-state index in [0.29, 0.717) is 37.4 Å². The summed E-state index contributed by atoms with van der Waals surface area (Å²) in [5.41, 5.74) is 0.509. The average Bonchev–Trinajstić information content (AvgIpc) is 2.97. The fraction of sp³-hybridized carbons (Fsp3) is 0.500. The molecule has 2 rings (SSSR count). The fourth-order valence-corrected chi connectivity index (χ4v) is 3.55. The monoisotopic (exact) mass is 309 g/mol. The fourth-order valence-electron chi connectivity index (χ4n) is 2.39. The predicted molar refractivity (Wildman–Crippen MR) is 79.5 cm³/mol. The maximum absolute atomic E-state index is 11.7. The van der Waals surface area contributed by atoms with Crippen molar-refractivity contribution in [2.24, 2.45) is 0 Å². The van der Waals surface area contributed by atoms with Crippen molar-refractivity contribution in [3.63, 3.8) is 0 Å². The molecule has 1 aliphatic rings. The molecule has 1 aliphatic heterocycles. The van der Waals surface area contributed by atoms with Gasteiger partial charge >= 0.3 is 0 Å². The average molecular weight is 309 g/mol. The number of nitriles is 1. The van der Waals surface area contributed by atoms with Gasteiger partial charge in [-0.05, 0) is 32.1 Å². The summed E-state index contributed by atoms with van der Waals surface area (Å²) in [5, 5.41) is 8.61. The molecule has 0 aromatic heterocycles. The third-order valence-corrected chi connectivity index (χ3v) is 5.46. The lowest BCUT2D eigenvalue weighted by Gasteiger charge is -2.16. The molecule has 1 N–H and O–H groups in total. The molecule has 0 radical (unpaired) electrons. The largest absolute Gasteiger partial charge is 0.491 e. The number of sulfonamides is 1. The first-order valence-corrected chi connectivity index (χ1v) is 8.38. The molecule has 114 valence electrons. The number of likely N-dealkylation sites (tertiary alicyclic amines) is 1. The van der Waals surface area contributed by atoms with E-state index in [2.05, 4.69) is 15.7 Å². The predicted octanol–water partition coefficient (Wildman–Crippen LogP) is 0.561. The zero-order valence-electron chi connectivity index (χ0n) is 11.9. The van der Waals surface area contributed by atoms with E-state index < -0.39 is 10.0 Å². The molecule has 0 amide bonds. The first-order valence-electron chi connectivity index (χ1n) is 6.83. The van der Waals surface area contributed by atoms with Crippen molar-refractivity contribution in [2.75, 3.05) is 33.3 Å². The molecular weight excluding hydrogens is 290 g/mol. The van der Waals surface area contributed by atoms with Crippen molar-refractivity contribution in [3.8, 4) is 11.8 Å². The minimum Gasteiger partial charge on any atom is -0.491 e. The molecule has 7 heteroatoms. The van der Waals surface area contributed by atoms with Gasteiger partial charge in [0.05, 0.1) is 10.8 Å². The number of ether oxygens (including phenoxy) is 1. The van der Waals surface area contributed by atoms with Gasteiger partial charge in [0.15, 0.2) is 0 Å². The minimum atomic E-state index is -3.19. The van der Waals surface area contributed by atoms with Crippen LogP contribution in [0.5, 0.6) is 5.75 Å². The summed E-state index contributed by atoms with van der Waals surface area (Å²) in [4.78, 5) is 2.06. The molecule has 1 heterocycles. The van der Waals surface area contributed by atoms with E-state index >= 15 is 0 Å². The van der Waals surface area contributed by atoms with Crippen molar-refractivity contribution in [3.05, 3.63) is 29.8 Å². The Morgan fingerprint density at radius 3 is 2.95 bits per heavy atom. The highest BCUT2D eigenvalue weighted by Crippen LogP contribution is 2.18. The molecule has 21 heavy (non-hydrogen) atoms. The second-order valence-corrected chi connectivity index (χ2v) is 7.08. The Bertz CT molecular complexity index is 625. The van der Waals surface area contributed by atoms with Crippen LogP contribution >= 0.6 is 0 Å². The Morgan fingerprint density at radius 1 is 1.48 bits per heavy atom. The summed E-state index contributed by atoms with van der Waals surface area (Å²) in [7, 11) is -1.75. The van der Waals surface area contributed by atoms with Gasteiger partial charge in [0, 0.05) is 13.1 Å². The van der Waals surface area contributed by atoms with Gasteiger partial charge in [-0.15, -0.1) is 0 Å². The maximum atomic E-state index is 11.7. The summed E-state index contributed by atoms with van der Waals surface area (Å²) >= 11 is 0. The summed E-state index contributed by atoms with van der Waals surface area (Å²) in [5.74, 6) is 0.568. The van der Waals surface area contributed by atoms with Gasteiger partial charge in [0.2, 0.25) is 10.0 Å². The number of hydrogen-bond donors (Lipinski definition) is 1. The van der Waals surface area contributed by atoms with Crippen LogP contribution in [-0.4, -0.2) is 51.9 Å². The summed E-state index contributed by atoms with van der Waals surface area (Å²) in [6, 6.07) is 9.16. The van der Waals surface area contributed by atoms with Gasteiger partial charge in [0.1, 0.15) is 18.4 Å².